The number of benzene rings is 1. The molecule has 0 aliphatic rings. The van der Waals surface area contributed by atoms with Gasteiger partial charge in [-0.15, -0.1) is 0 Å². The minimum atomic E-state index is -0.0409. The molecular weight excluding hydrogens is 322 g/mol. The van der Waals surface area contributed by atoms with Crippen LogP contribution in [0, 0.1) is 6.92 Å². The van der Waals surface area contributed by atoms with Crippen molar-refractivity contribution in [3.05, 3.63) is 33.9 Å². The number of nitrogen functional groups attached to an aromatic ring is 1. The SMILES string of the molecule is COc1ccc(C(C)n2nc(C)c(Br)c2N)c(OC)c1. The molecule has 1 atom stereocenters. The summed E-state index contributed by atoms with van der Waals surface area (Å²) in [6, 6.07) is 5.68. The second-order valence-corrected chi connectivity index (χ2v) is 5.31. The van der Waals surface area contributed by atoms with Crippen LogP contribution >= 0.6 is 15.9 Å². The maximum atomic E-state index is 6.08. The van der Waals surface area contributed by atoms with Gasteiger partial charge < -0.3 is 15.2 Å². The topological polar surface area (TPSA) is 62.3 Å². The molecule has 2 aromatic rings. The van der Waals surface area contributed by atoms with Gasteiger partial charge in [-0.2, -0.15) is 5.10 Å². The van der Waals surface area contributed by atoms with Crippen LogP contribution in [-0.4, -0.2) is 24.0 Å². The number of halogens is 1. The fraction of sp³-hybridized carbons (Fsp3) is 0.357. The van der Waals surface area contributed by atoms with Crippen molar-refractivity contribution in [3.63, 3.8) is 0 Å². The van der Waals surface area contributed by atoms with Crippen molar-refractivity contribution in [3.8, 4) is 11.5 Å². The van der Waals surface area contributed by atoms with Crippen molar-refractivity contribution in [2.75, 3.05) is 20.0 Å². The second-order valence-electron chi connectivity index (χ2n) is 4.51. The molecule has 1 heterocycles. The molecular formula is C14H18BrN3O2. The molecule has 0 bridgehead atoms. The number of nitrogens with zero attached hydrogens (tertiary/aromatic N) is 2. The number of aryl methyl sites for hydroxylation is 1. The van der Waals surface area contributed by atoms with Crippen LogP contribution in [0.15, 0.2) is 22.7 Å². The monoisotopic (exact) mass is 339 g/mol. The number of hydrogen-bond acceptors (Lipinski definition) is 4. The zero-order valence-corrected chi connectivity index (χ0v) is 13.6. The fourth-order valence-corrected chi connectivity index (χ4v) is 2.40. The van der Waals surface area contributed by atoms with Gasteiger partial charge in [-0.1, -0.05) is 0 Å². The third-order valence-electron chi connectivity index (χ3n) is 3.30. The largest absolute Gasteiger partial charge is 0.497 e. The molecule has 0 radical (unpaired) electrons. The number of ether oxygens (including phenoxy) is 2. The maximum absolute atomic E-state index is 6.08. The molecule has 20 heavy (non-hydrogen) atoms. The summed E-state index contributed by atoms with van der Waals surface area (Å²) in [6.07, 6.45) is 0. The van der Waals surface area contributed by atoms with Crippen LogP contribution < -0.4 is 15.2 Å². The summed E-state index contributed by atoms with van der Waals surface area (Å²) in [6.45, 7) is 3.94. The lowest BCUT2D eigenvalue weighted by Crippen LogP contribution is -2.12. The molecule has 108 valence electrons. The Labute approximate surface area is 126 Å². The van der Waals surface area contributed by atoms with Gasteiger partial charge in [0.05, 0.1) is 30.4 Å². The molecule has 0 saturated heterocycles. The Morgan fingerprint density at radius 3 is 2.50 bits per heavy atom. The van der Waals surface area contributed by atoms with E-state index in [2.05, 4.69) is 21.0 Å². The number of hydrogen-bond donors (Lipinski definition) is 1. The van der Waals surface area contributed by atoms with Gasteiger partial charge in [-0.25, -0.2) is 4.68 Å². The molecule has 0 aliphatic carbocycles. The molecule has 0 saturated carbocycles. The minimum Gasteiger partial charge on any atom is -0.497 e. The number of anilines is 1. The molecule has 2 rings (SSSR count). The highest BCUT2D eigenvalue weighted by Crippen LogP contribution is 2.34. The average molecular weight is 340 g/mol. The number of aromatic nitrogens is 2. The van der Waals surface area contributed by atoms with E-state index in [4.69, 9.17) is 15.2 Å². The molecule has 1 aromatic carbocycles. The lowest BCUT2D eigenvalue weighted by Gasteiger charge is -2.18. The van der Waals surface area contributed by atoms with Crippen LogP contribution in [0.4, 0.5) is 5.82 Å². The summed E-state index contributed by atoms with van der Waals surface area (Å²) in [5, 5.41) is 4.46. The van der Waals surface area contributed by atoms with Gasteiger partial charge in [0.1, 0.15) is 17.3 Å². The minimum absolute atomic E-state index is 0.0409. The molecule has 2 N–H and O–H groups in total. The Hall–Kier alpha value is -1.69. The summed E-state index contributed by atoms with van der Waals surface area (Å²) in [5.41, 5.74) is 7.94. The van der Waals surface area contributed by atoms with E-state index in [-0.39, 0.29) is 6.04 Å². The predicted octanol–water partition coefficient (Wildman–Crippen LogP) is 3.16. The van der Waals surface area contributed by atoms with E-state index in [9.17, 15) is 0 Å². The summed E-state index contributed by atoms with van der Waals surface area (Å²) in [4.78, 5) is 0. The van der Waals surface area contributed by atoms with Crippen LogP contribution in [0.1, 0.15) is 24.2 Å². The number of methoxy groups -OCH3 is 2. The lowest BCUT2D eigenvalue weighted by atomic mass is 10.1. The molecule has 0 spiro atoms. The predicted molar refractivity (Wildman–Crippen MR) is 82.4 cm³/mol. The third-order valence-corrected chi connectivity index (χ3v) is 4.28. The molecule has 1 unspecified atom stereocenters. The van der Waals surface area contributed by atoms with Gasteiger partial charge in [0.15, 0.2) is 0 Å². The summed E-state index contributed by atoms with van der Waals surface area (Å²) in [7, 11) is 3.27. The van der Waals surface area contributed by atoms with Crippen LogP contribution in [0.5, 0.6) is 11.5 Å². The smallest absolute Gasteiger partial charge is 0.137 e. The van der Waals surface area contributed by atoms with E-state index in [0.717, 1.165) is 27.2 Å². The quantitative estimate of drug-likeness (QED) is 0.929. The Bertz CT molecular complexity index is 625. The van der Waals surface area contributed by atoms with Gasteiger partial charge >= 0.3 is 0 Å². The van der Waals surface area contributed by atoms with E-state index in [1.807, 2.05) is 32.0 Å². The Balaban J connectivity index is 2.47. The van der Waals surface area contributed by atoms with Gasteiger partial charge in [0.2, 0.25) is 0 Å². The van der Waals surface area contributed by atoms with Gasteiger partial charge in [-0.3, -0.25) is 0 Å². The first-order valence-corrected chi connectivity index (χ1v) is 7.00. The Morgan fingerprint density at radius 2 is 2.00 bits per heavy atom. The highest BCUT2D eigenvalue weighted by Gasteiger charge is 2.19. The van der Waals surface area contributed by atoms with E-state index < -0.39 is 0 Å². The van der Waals surface area contributed by atoms with Crippen LogP contribution in [0.2, 0.25) is 0 Å². The second kappa shape index (κ2) is 5.75. The summed E-state index contributed by atoms with van der Waals surface area (Å²) < 4.78 is 13.3. The van der Waals surface area contributed by atoms with Crippen molar-refractivity contribution in [1.82, 2.24) is 9.78 Å². The molecule has 6 heteroatoms. The lowest BCUT2D eigenvalue weighted by molar-refractivity contribution is 0.385. The summed E-state index contributed by atoms with van der Waals surface area (Å²) in [5.74, 6) is 2.11. The first-order chi connectivity index (χ1) is 9.49. The van der Waals surface area contributed by atoms with Crippen molar-refractivity contribution in [2.24, 2.45) is 0 Å². The molecule has 1 aromatic heterocycles. The zero-order chi connectivity index (χ0) is 14.9. The van der Waals surface area contributed by atoms with Crippen molar-refractivity contribution >= 4 is 21.7 Å². The number of nitrogens with two attached hydrogens (primary N) is 1. The van der Waals surface area contributed by atoms with E-state index in [0.29, 0.717) is 5.82 Å². The van der Waals surface area contributed by atoms with Gasteiger partial charge in [0, 0.05) is 11.6 Å². The number of rotatable bonds is 4. The van der Waals surface area contributed by atoms with Crippen molar-refractivity contribution < 1.29 is 9.47 Å². The fourth-order valence-electron chi connectivity index (χ4n) is 2.14. The van der Waals surface area contributed by atoms with Gasteiger partial charge in [-0.05, 0) is 41.9 Å². The van der Waals surface area contributed by atoms with Crippen molar-refractivity contribution in [2.45, 2.75) is 19.9 Å². The molecule has 0 aliphatic heterocycles. The van der Waals surface area contributed by atoms with E-state index in [1.165, 1.54) is 0 Å². The summed E-state index contributed by atoms with van der Waals surface area (Å²) >= 11 is 3.44. The highest BCUT2D eigenvalue weighted by molar-refractivity contribution is 9.10. The van der Waals surface area contributed by atoms with E-state index >= 15 is 0 Å². The van der Waals surface area contributed by atoms with Crippen molar-refractivity contribution in [1.29, 1.82) is 0 Å². The standard InChI is InChI=1S/C14H18BrN3O2/c1-8-13(15)14(16)18(17-8)9(2)11-6-5-10(19-3)7-12(11)20-4/h5-7,9H,16H2,1-4H3. The van der Waals surface area contributed by atoms with Gasteiger partial charge in [0.25, 0.3) is 0 Å². The average Bonchev–Trinajstić information content (AvgIpc) is 2.73. The van der Waals surface area contributed by atoms with Crippen LogP contribution in [0.25, 0.3) is 0 Å². The normalized spacial score (nSPS) is 12.2. The highest BCUT2D eigenvalue weighted by atomic mass is 79.9. The first-order valence-electron chi connectivity index (χ1n) is 6.21. The Kier molecular flexibility index (Phi) is 4.23. The molecule has 5 nitrogen and oxygen atoms in total. The zero-order valence-electron chi connectivity index (χ0n) is 12.0. The molecule has 0 fully saturated rings. The van der Waals surface area contributed by atoms with E-state index in [1.54, 1.807) is 18.9 Å². The third kappa shape index (κ3) is 2.47. The van der Waals surface area contributed by atoms with Crippen LogP contribution in [0.3, 0.4) is 0 Å². The first kappa shape index (κ1) is 14.7. The Morgan fingerprint density at radius 1 is 1.30 bits per heavy atom. The maximum Gasteiger partial charge on any atom is 0.137 e. The molecule has 0 amide bonds. The van der Waals surface area contributed by atoms with Crippen LogP contribution in [-0.2, 0) is 0 Å².